The molecule has 29 heavy (non-hydrogen) atoms. The number of methoxy groups -OCH3 is 1. The van der Waals surface area contributed by atoms with E-state index in [0.717, 1.165) is 16.2 Å². The van der Waals surface area contributed by atoms with Gasteiger partial charge in [0.15, 0.2) is 0 Å². The van der Waals surface area contributed by atoms with Crippen LogP contribution in [0.1, 0.15) is 6.42 Å². The number of amides is 1. The standard InChI is InChI=1S/C22H23N3O3S/c1-28-18-9-7-17(8-10-18)20-11-12-22(27)25(24-20)15-14-23-21(26)13-16-29-19-5-3-2-4-6-19/h2-12H,13-16H2,1H3,(H,23,26). The fourth-order valence-electron chi connectivity index (χ4n) is 2.69. The van der Waals surface area contributed by atoms with Crippen molar-refractivity contribution in [3.8, 4) is 17.0 Å². The van der Waals surface area contributed by atoms with Crippen molar-refractivity contribution in [2.45, 2.75) is 17.9 Å². The molecule has 0 atom stereocenters. The smallest absolute Gasteiger partial charge is 0.266 e. The van der Waals surface area contributed by atoms with Crippen LogP contribution in [0.2, 0.25) is 0 Å². The van der Waals surface area contributed by atoms with Gasteiger partial charge in [0.2, 0.25) is 5.91 Å². The third-order valence-electron chi connectivity index (χ3n) is 4.24. The van der Waals surface area contributed by atoms with E-state index >= 15 is 0 Å². The fourth-order valence-corrected chi connectivity index (χ4v) is 3.57. The highest BCUT2D eigenvalue weighted by atomic mass is 32.2. The molecule has 6 nitrogen and oxygen atoms in total. The molecule has 1 aromatic heterocycles. The summed E-state index contributed by atoms with van der Waals surface area (Å²) in [6.07, 6.45) is 0.424. The predicted molar refractivity (Wildman–Crippen MR) is 115 cm³/mol. The molecule has 0 saturated heterocycles. The fraction of sp³-hybridized carbons (Fsp3) is 0.227. The second-order valence-corrected chi connectivity index (χ2v) is 7.44. The second kappa shape index (κ2) is 10.5. The van der Waals surface area contributed by atoms with Gasteiger partial charge in [-0.05, 0) is 42.5 Å². The highest BCUT2D eigenvalue weighted by Crippen LogP contribution is 2.19. The minimum absolute atomic E-state index is 0.0345. The van der Waals surface area contributed by atoms with Crippen LogP contribution in [0.3, 0.4) is 0 Å². The molecule has 1 heterocycles. The lowest BCUT2D eigenvalue weighted by molar-refractivity contribution is -0.120. The van der Waals surface area contributed by atoms with Crippen LogP contribution >= 0.6 is 11.8 Å². The third kappa shape index (κ3) is 6.22. The Kier molecular flexibility index (Phi) is 7.47. The first-order valence-electron chi connectivity index (χ1n) is 9.33. The molecule has 1 amide bonds. The number of ether oxygens (including phenoxy) is 1. The van der Waals surface area contributed by atoms with E-state index in [1.165, 1.54) is 10.7 Å². The highest BCUT2D eigenvalue weighted by Gasteiger charge is 2.06. The highest BCUT2D eigenvalue weighted by molar-refractivity contribution is 7.99. The number of benzene rings is 2. The molecular formula is C22H23N3O3S. The van der Waals surface area contributed by atoms with E-state index in [1.54, 1.807) is 24.9 Å². The number of rotatable bonds is 9. The molecule has 3 aromatic rings. The van der Waals surface area contributed by atoms with E-state index < -0.39 is 0 Å². The molecule has 0 aliphatic heterocycles. The minimum atomic E-state index is -0.198. The van der Waals surface area contributed by atoms with E-state index in [0.29, 0.717) is 31.0 Å². The molecule has 0 bridgehead atoms. The molecule has 2 aromatic carbocycles. The van der Waals surface area contributed by atoms with Crippen molar-refractivity contribution in [2.24, 2.45) is 0 Å². The molecule has 0 unspecified atom stereocenters. The quantitative estimate of drug-likeness (QED) is 0.550. The summed E-state index contributed by atoms with van der Waals surface area (Å²) in [7, 11) is 1.61. The molecule has 3 rings (SSSR count). The Labute approximate surface area is 173 Å². The Balaban J connectivity index is 1.49. The second-order valence-electron chi connectivity index (χ2n) is 6.27. The summed E-state index contributed by atoms with van der Waals surface area (Å²) in [5, 5.41) is 7.26. The average Bonchev–Trinajstić information content (AvgIpc) is 2.76. The molecule has 0 aliphatic carbocycles. The van der Waals surface area contributed by atoms with Crippen LogP contribution in [-0.2, 0) is 11.3 Å². The predicted octanol–water partition coefficient (Wildman–Crippen LogP) is 3.22. The lowest BCUT2D eigenvalue weighted by Crippen LogP contribution is -2.32. The van der Waals surface area contributed by atoms with Crippen LogP contribution in [-0.4, -0.2) is 35.1 Å². The largest absolute Gasteiger partial charge is 0.497 e. The average molecular weight is 410 g/mol. The molecular weight excluding hydrogens is 386 g/mol. The van der Waals surface area contributed by atoms with E-state index in [2.05, 4.69) is 10.4 Å². The van der Waals surface area contributed by atoms with Crippen molar-refractivity contribution in [1.82, 2.24) is 15.1 Å². The van der Waals surface area contributed by atoms with E-state index in [9.17, 15) is 9.59 Å². The van der Waals surface area contributed by atoms with Crippen LogP contribution in [0.25, 0.3) is 11.3 Å². The van der Waals surface area contributed by atoms with Gasteiger partial charge in [0.25, 0.3) is 5.56 Å². The lowest BCUT2D eigenvalue weighted by Gasteiger charge is -2.09. The topological polar surface area (TPSA) is 73.2 Å². The van der Waals surface area contributed by atoms with Gasteiger partial charge >= 0.3 is 0 Å². The maximum atomic E-state index is 12.1. The summed E-state index contributed by atoms with van der Waals surface area (Å²) < 4.78 is 6.53. The molecule has 0 spiro atoms. The molecule has 0 aliphatic rings. The summed E-state index contributed by atoms with van der Waals surface area (Å²) in [4.78, 5) is 25.2. The van der Waals surface area contributed by atoms with Gasteiger partial charge in [0, 0.05) is 35.2 Å². The molecule has 0 saturated carbocycles. The number of hydrogen-bond acceptors (Lipinski definition) is 5. The van der Waals surface area contributed by atoms with Gasteiger partial charge in [-0.3, -0.25) is 9.59 Å². The summed E-state index contributed by atoms with van der Waals surface area (Å²) >= 11 is 1.65. The SMILES string of the molecule is COc1ccc(-c2ccc(=O)n(CCNC(=O)CCSc3ccccc3)n2)cc1. The van der Waals surface area contributed by atoms with Crippen LogP contribution in [0, 0.1) is 0 Å². The minimum Gasteiger partial charge on any atom is -0.497 e. The number of carbonyl (C=O) groups is 1. The maximum absolute atomic E-state index is 12.1. The lowest BCUT2D eigenvalue weighted by atomic mass is 10.1. The number of nitrogens with one attached hydrogen (secondary N) is 1. The number of carbonyl (C=O) groups excluding carboxylic acids is 1. The van der Waals surface area contributed by atoms with Crippen molar-refractivity contribution in [3.05, 3.63) is 77.1 Å². The Morgan fingerprint density at radius 3 is 2.55 bits per heavy atom. The monoisotopic (exact) mass is 409 g/mol. The summed E-state index contributed by atoms with van der Waals surface area (Å²) in [6, 6.07) is 20.6. The zero-order valence-electron chi connectivity index (χ0n) is 16.2. The first-order valence-corrected chi connectivity index (χ1v) is 10.3. The molecule has 0 fully saturated rings. The van der Waals surface area contributed by atoms with Crippen LogP contribution in [0.5, 0.6) is 5.75 Å². The van der Waals surface area contributed by atoms with Gasteiger partial charge in [-0.2, -0.15) is 5.10 Å². The Morgan fingerprint density at radius 2 is 1.83 bits per heavy atom. The van der Waals surface area contributed by atoms with Crippen LogP contribution in [0.15, 0.2) is 76.4 Å². The Morgan fingerprint density at radius 1 is 1.07 bits per heavy atom. The Bertz CT molecular complexity index is 988. The van der Waals surface area contributed by atoms with Crippen molar-refractivity contribution in [1.29, 1.82) is 0 Å². The summed E-state index contributed by atoms with van der Waals surface area (Å²) in [6.45, 7) is 0.675. The number of nitrogens with zero attached hydrogens (tertiary/aromatic N) is 2. The normalized spacial score (nSPS) is 10.5. The zero-order chi connectivity index (χ0) is 20.5. The summed E-state index contributed by atoms with van der Waals surface area (Å²) in [5.41, 5.74) is 1.38. The summed E-state index contributed by atoms with van der Waals surface area (Å²) in [5.74, 6) is 1.43. The molecule has 1 N–H and O–H groups in total. The van der Waals surface area contributed by atoms with Crippen LogP contribution in [0.4, 0.5) is 0 Å². The maximum Gasteiger partial charge on any atom is 0.266 e. The number of aromatic nitrogens is 2. The Hall–Kier alpha value is -3.06. The van der Waals surface area contributed by atoms with E-state index in [4.69, 9.17) is 4.74 Å². The molecule has 0 radical (unpaired) electrons. The third-order valence-corrected chi connectivity index (χ3v) is 5.25. The number of hydrogen-bond donors (Lipinski definition) is 1. The van der Waals surface area contributed by atoms with Crippen LogP contribution < -0.4 is 15.6 Å². The number of thioether (sulfide) groups is 1. The first-order chi connectivity index (χ1) is 14.2. The zero-order valence-corrected chi connectivity index (χ0v) is 17.0. The first kappa shape index (κ1) is 20.7. The van der Waals surface area contributed by atoms with Gasteiger partial charge < -0.3 is 10.1 Å². The van der Waals surface area contributed by atoms with Gasteiger partial charge in [-0.25, -0.2) is 4.68 Å². The van der Waals surface area contributed by atoms with Crippen molar-refractivity contribution >= 4 is 17.7 Å². The van der Waals surface area contributed by atoms with Gasteiger partial charge in [0.05, 0.1) is 19.3 Å². The van der Waals surface area contributed by atoms with Gasteiger partial charge in [0.1, 0.15) is 5.75 Å². The molecule has 7 heteroatoms. The van der Waals surface area contributed by atoms with Crippen molar-refractivity contribution in [3.63, 3.8) is 0 Å². The van der Waals surface area contributed by atoms with Crippen molar-refractivity contribution < 1.29 is 9.53 Å². The van der Waals surface area contributed by atoms with Gasteiger partial charge in [-0.1, -0.05) is 18.2 Å². The van der Waals surface area contributed by atoms with E-state index in [1.807, 2.05) is 54.6 Å². The van der Waals surface area contributed by atoms with Gasteiger partial charge in [-0.15, -0.1) is 11.8 Å². The van der Waals surface area contributed by atoms with E-state index in [-0.39, 0.29) is 11.5 Å². The van der Waals surface area contributed by atoms with Crippen molar-refractivity contribution in [2.75, 3.05) is 19.4 Å². The molecule has 150 valence electrons.